The van der Waals surface area contributed by atoms with Crippen LogP contribution in [-0.2, 0) is 12.3 Å². The van der Waals surface area contributed by atoms with Crippen LogP contribution in [0.25, 0.3) is 0 Å². The molecule has 0 saturated heterocycles. The second-order valence-corrected chi connectivity index (χ2v) is 6.11. The van der Waals surface area contributed by atoms with Crippen LogP contribution in [0.5, 0.6) is 0 Å². The molecule has 21 heavy (non-hydrogen) atoms. The number of nitro groups is 1. The second kappa shape index (κ2) is 6.32. The van der Waals surface area contributed by atoms with Crippen molar-refractivity contribution in [1.82, 2.24) is 5.32 Å². The van der Waals surface area contributed by atoms with Crippen molar-refractivity contribution in [2.75, 3.05) is 0 Å². The van der Waals surface area contributed by atoms with E-state index in [0.717, 1.165) is 28.7 Å². The molecule has 1 fully saturated rings. The fourth-order valence-electron chi connectivity index (χ4n) is 1.95. The van der Waals surface area contributed by atoms with Crippen LogP contribution in [0.3, 0.4) is 0 Å². The highest BCUT2D eigenvalue weighted by Gasteiger charge is 2.20. The number of hydrogen-bond donors (Lipinski definition) is 1. The first-order chi connectivity index (χ1) is 10.2. The standard InChI is InChI=1S/C15H16N2O3S/c18-17(19)12-3-7-15(8-4-12)21-10-14-6-5-13(20-14)9-16-11-1-2-11/h3-8,11,16H,1-2,9-10H2. The van der Waals surface area contributed by atoms with Crippen LogP contribution in [-0.4, -0.2) is 11.0 Å². The van der Waals surface area contributed by atoms with E-state index in [2.05, 4.69) is 5.32 Å². The van der Waals surface area contributed by atoms with Crippen molar-refractivity contribution in [2.45, 2.75) is 36.1 Å². The Hall–Kier alpha value is -1.79. The zero-order valence-electron chi connectivity index (χ0n) is 11.5. The number of nitrogens with zero attached hydrogens (tertiary/aromatic N) is 1. The lowest BCUT2D eigenvalue weighted by molar-refractivity contribution is -0.384. The largest absolute Gasteiger partial charge is 0.464 e. The van der Waals surface area contributed by atoms with E-state index in [-0.39, 0.29) is 10.6 Å². The van der Waals surface area contributed by atoms with E-state index in [1.165, 1.54) is 25.0 Å². The number of nitro benzene ring substituents is 1. The molecule has 0 bridgehead atoms. The quantitative estimate of drug-likeness (QED) is 0.479. The first-order valence-corrected chi connectivity index (χ1v) is 7.87. The molecule has 2 aromatic rings. The molecule has 1 aliphatic rings. The van der Waals surface area contributed by atoms with Crippen molar-refractivity contribution >= 4 is 17.4 Å². The Morgan fingerprint density at radius 2 is 1.90 bits per heavy atom. The predicted octanol–water partition coefficient (Wildman–Crippen LogP) is 3.73. The van der Waals surface area contributed by atoms with Gasteiger partial charge in [-0.15, -0.1) is 11.8 Å². The molecule has 6 heteroatoms. The summed E-state index contributed by atoms with van der Waals surface area (Å²) in [6.45, 7) is 0.785. The highest BCUT2D eigenvalue weighted by atomic mass is 32.2. The summed E-state index contributed by atoms with van der Waals surface area (Å²) in [6.07, 6.45) is 2.53. The highest BCUT2D eigenvalue weighted by Crippen LogP contribution is 2.26. The van der Waals surface area contributed by atoms with Crippen molar-refractivity contribution in [3.8, 4) is 0 Å². The van der Waals surface area contributed by atoms with Crippen LogP contribution in [0.1, 0.15) is 24.4 Å². The minimum atomic E-state index is -0.389. The van der Waals surface area contributed by atoms with Gasteiger partial charge < -0.3 is 9.73 Å². The zero-order chi connectivity index (χ0) is 14.7. The molecular weight excluding hydrogens is 288 g/mol. The smallest absolute Gasteiger partial charge is 0.269 e. The molecule has 1 saturated carbocycles. The molecule has 5 nitrogen and oxygen atoms in total. The van der Waals surface area contributed by atoms with Gasteiger partial charge in [-0.25, -0.2) is 0 Å². The first-order valence-electron chi connectivity index (χ1n) is 6.89. The molecule has 0 amide bonds. The average molecular weight is 304 g/mol. The average Bonchev–Trinajstić information content (AvgIpc) is 3.21. The van der Waals surface area contributed by atoms with E-state index in [1.54, 1.807) is 23.9 Å². The summed E-state index contributed by atoms with van der Waals surface area (Å²) in [5.74, 6) is 2.61. The fourth-order valence-corrected chi connectivity index (χ4v) is 2.74. The third-order valence-corrected chi connectivity index (χ3v) is 4.32. The zero-order valence-corrected chi connectivity index (χ0v) is 12.3. The molecule has 1 aromatic carbocycles. The van der Waals surface area contributed by atoms with Gasteiger partial charge >= 0.3 is 0 Å². The van der Waals surface area contributed by atoms with Crippen LogP contribution in [0.15, 0.2) is 45.7 Å². The van der Waals surface area contributed by atoms with Gasteiger partial charge in [0, 0.05) is 23.1 Å². The Labute approximate surface area is 126 Å². The van der Waals surface area contributed by atoms with Crippen LogP contribution in [0.4, 0.5) is 5.69 Å². The summed E-state index contributed by atoms with van der Waals surface area (Å²) in [6, 6.07) is 11.2. The topological polar surface area (TPSA) is 68.3 Å². The van der Waals surface area contributed by atoms with Crippen molar-refractivity contribution in [3.05, 3.63) is 58.0 Å². The first kappa shape index (κ1) is 14.2. The minimum absolute atomic E-state index is 0.116. The molecule has 1 heterocycles. The Morgan fingerprint density at radius 1 is 1.19 bits per heavy atom. The van der Waals surface area contributed by atoms with Crippen molar-refractivity contribution in [1.29, 1.82) is 0 Å². The summed E-state index contributed by atoms with van der Waals surface area (Å²) >= 11 is 1.61. The number of furan rings is 1. The summed E-state index contributed by atoms with van der Waals surface area (Å²) in [7, 11) is 0. The number of thioether (sulfide) groups is 1. The molecule has 1 N–H and O–H groups in total. The van der Waals surface area contributed by atoms with Gasteiger partial charge in [-0.05, 0) is 37.1 Å². The Bertz CT molecular complexity index is 620. The van der Waals surface area contributed by atoms with E-state index in [1.807, 2.05) is 12.1 Å². The maximum atomic E-state index is 10.6. The van der Waals surface area contributed by atoms with Crippen molar-refractivity contribution < 1.29 is 9.34 Å². The lowest BCUT2D eigenvalue weighted by Gasteiger charge is -2.00. The van der Waals surface area contributed by atoms with Crippen LogP contribution < -0.4 is 5.32 Å². The van der Waals surface area contributed by atoms with Crippen molar-refractivity contribution in [3.63, 3.8) is 0 Å². The van der Waals surface area contributed by atoms with E-state index >= 15 is 0 Å². The molecule has 0 radical (unpaired) electrons. The number of hydrogen-bond acceptors (Lipinski definition) is 5. The SMILES string of the molecule is O=[N+]([O-])c1ccc(SCc2ccc(CNC3CC3)o2)cc1. The molecular formula is C15H16N2O3S. The Kier molecular flexibility index (Phi) is 4.26. The minimum Gasteiger partial charge on any atom is -0.464 e. The van der Waals surface area contributed by atoms with Crippen molar-refractivity contribution in [2.24, 2.45) is 0 Å². The molecule has 1 aromatic heterocycles. The van der Waals surface area contributed by atoms with E-state index in [0.29, 0.717) is 6.04 Å². The van der Waals surface area contributed by atoms with Crippen LogP contribution >= 0.6 is 11.8 Å². The molecule has 1 aliphatic carbocycles. The van der Waals surface area contributed by atoms with E-state index in [4.69, 9.17) is 4.42 Å². The third-order valence-electron chi connectivity index (χ3n) is 3.29. The van der Waals surface area contributed by atoms with E-state index in [9.17, 15) is 10.1 Å². The van der Waals surface area contributed by atoms with Gasteiger partial charge in [-0.1, -0.05) is 0 Å². The highest BCUT2D eigenvalue weighted by molar-refractivity contribution is 7.98. The summed E-state index contributed by atoms with van der Waals surface area (Å²) < 4.78 is 5.75. The van der Waals surface area contributed by atoms with E-state index < -0.39 is 0 Å². The monoisotopic (exact) mass is 304 g/mol. The maximum Gasteiger partial charge on any atom is 0.269 e. The van der Waals surface area contributed by atoms with Gasteiger partial charge in [0.2, 0.25) is 0 Å². The lowest BCUT2D eigenvalue weighted by atomic mass is 10.3. The maximum absolute atomic E-state index is 10.6. The summed E-state index contributed by atoms with van der Waals surface area (Å²) in [5, 5.41) is 14.0. The van der Waals surface area contributed by atoms with Crippen LogP contribution in [0.2, 0.25) is 0 Å². The van der Waals surface area contributed by atoms with Gasteiger partial charge in [0.15, 0.2) is 0 Å². The number of non-ortho nitro benzene ring substituents is 1. The predicted molar refractivity (Wildman–Crippen MR) is 81.2 cm³/mol. The van der Waals surface area contributed by atoms with Gasteiger partial charge in [0.25, 0.3) is 5.69 Å². The van der Waals surface area contributed by atoms with Gasteiger partial charge in [-0.2, -0.15) is 0 Å². The third kappa shape index (κ3) is 4.09. The molecule has 110 valence electrons. The van der Waals surface area contributed by atoms with Gasteiger partial charge in [0.05, 0.1) is 17.2 Å². The van der Waals surface area contributed by atoms with Crippen LogP contribution in [0, 0.1) is 10.1 Å². The fraction of sp³-hybridized carbons (Fsp3) is 0.333. The molecule has 0 unspecified atom stereocenters. The number of benzene rings is 1. The summed E-state index contributed by atoms with van der Waals surface area (Å²) in [5.41, 5.74) is 0.116. The Morgan fingerprint density at radius 3 is 2.57 bits per heavy atom. The molecule has 0 spiro atoms. The molecule has 3 rings (SSSR count). The van der Waals surface area contributed by atoms with Gasteiger partial charge in [0.1, 0.15) is 11.5 Å². The lowest BCUT2D eigenvalue weighted by Crippen LogP contribution is -2.14. The summed E-state index contributed by atoms with van der Waals surface area (Å²) in [4.78, 5) is 11.2. The number of rotatable bonds is 7. The second-order valence-electron chi connectivity index (χ2n) is 5.06. The molecule has 0 atom stereocenters. The molecule has 0 aliphatic heterocycles. The van der Waals surface area contributed by atoms with Gasteiger partial charge in [-0.3, -0.25) is 10.1 Å². The number of nitrogens with one attached hydrogen (secondary N) is 1. The Balaban J connectivity index is 1.50. The normalized spacial score (nSPS) is 14.3.